The molecule has 4 nitrogen and oxygen atoms in total. The monoisotopic (exact) mass is 176 g/mol. The van der Waals surface area contributed by atoms with Crippen LogP contribution in [0.25, 0.3) is 0 Å². The molecule has 12 heavy (non-hydrogen) atoms. The second kappa shape index (κ2) is 9.94. The molecule has 0 saturated heterocycles. The fourth-order valence-electron chi connectivity index (χ4n) is 0.360. The maximum absolute atomic E-state index is 10.1. The van der Waals surface area contributed by atoms with Crippen LogP contribution in [0.15, 0.2) is 0 Å². The summed E-state index contributed by atoms with van der Waals surface area (Å²) in [6.07, 6.45) is 2.05. The standard InChI is InChI=1S/C6H12O2.C2H4O2/c1-3-4-5-8-6(2)7;1-2(3)4/h3-5H2,1-2H3;1H3,(H,3,4). The summed E-state index contributed by atoms with van der Waals surface area (Å²) in [4.78, 5) is 19.1. The van der Waals surface area contributed by atoms with Crippen molar-refractivity contribution in [3.63, 3.8) is 0 Å². The van der Waals surface area contributed by atoms with E-state index >= 15 is 0 Å². The van der Waals surface area contributed by atoms with Crippen LogP contribution < -0.4 is 0 Å². The molecule has 0 aliphatic heterocycles. The highest BCUT2D eigenvalue weighted by molar-refractivity contribution is 5.65. The van der Waals surface area contributed by atoms with Crippen LogP contribution in [0.2, 0.25) is 0 Å². The Balaban J connectivity index is 0. The van der Waals surface area contributed by atoms with Gasteiger partial charge in [0, 0.05) is 13.8 Å². The van der Waals surface area contributed by atoms with Gasteiger partial charge in [0.05, 0.1) is 6.61 Å². The number of esters is 1. The Hall–Kier alpha value is -1.06. The van der Waals surface area contributed by atoms with E-state index in [0.717, 1.165) is 19.8 Å². The third-order valence-electron chi connectivity index (χ3n) is 0.803. The molecule has 0 atom stereocenters. The molecule has 0 amide bonds. The van der Waals surface area contributed by atoms with E-state index in [1.165, 1.54) is 6.92 Å². The minimum atomic E-state index is -0.833. The SMILES string of the molecule is CC(=O)O.CCCCOC(C)=O. The van der Waals surface area contributed by atoms with Crippen LogP contribution in [0, 0.1) is 0 Å². The number of carboxylic acids is 1. The van der Waals surface area contributed by atoms with Gasteiger partial charge in [-0.2, -0.15) is 0 Å². The van der Waals surface area contributed by atoms with E-state index in [4.69, 9.17) is 9.90 Å². The average Bonchev–Trinajstić information content (AvgIpc) is 1.86. The summed E-state index contributed by atoms with van der Waals surface area (Å²) in [6, 6.07) is 0. The number of rotatable bonds is 3. The van der Waals surface area contributed by atoms with Crippen LogP contribution in [0.1, 0.15) is 33.6 Å². The zero-order valence-electron chi connectivity index (χ0n) is 7.79. The molecule has 72 valence electrons. The Bertz CT molecular complexity index is 127. The first kappa shape index (κ1) is 13.5. The molecule has 0 aromatic heterocycles. The molecule has 0 heterocycles. The highest BCUT2D eigenvalue weighted by Gasteiger charge is 1.88. The fourth-order valence-corrected chi connectivity index (χ4v) is 0.360. The number of ether oxygens (including phenoxy) is 1. The van der Waals surface area contributed by atoms with Crippen molar-refractivity contribution >= 4 is 11.9 Å². The van der Waals surface area contributed by atoms with Gasteiger partial charge in [0.1, 0.15) is 0 Å². The lowest BCUT2D eigenvalue weighted by Gasteiger charge is -1.96. The van der Waals surface area contributed by atoms with Crippen molar-refractivity contribution in [1.29, 1.82) is 0 Å². The smallest absolute Gasteiger partial charge is 0.302 e. The summed E-state index contributed by atoms with van der Waals surface area (Å²) in [5.74, 6) is -1.02. The number of carbonyl (C=O) groups excluding carboxylic acids is 1. The van der Waals surface area contributed by atoms with Crippen LogP contribution in [-0.2, 0) is 14.3 Å². The molecule has 0 aliphatic carbocycles. The first-order valence-corrected chi connectivity index (χ1v) is 3.83. The topological polar surface area (TPSA) is 63.6 Å². The zero-order chi connectivity index (χ0) is 9.98. The van der Waals surface area contributed by atoms with E-state index in [1.807, 2.05) is 0 Å². The van der Waals surface area contributed by atoms with Crippen molar-refractivity contribution in [2.24, 2.45) is 0 Å². The van der Waals surface area contributed by atoms with Gasteiger partial charge in [-0.25, -0.2) is 0 Å². The number of unbranched alkanes of at least 4 members (excludes halogenated alkanes) is 1. The lowest BCUT2D eigenvalue weighted by Crippen LogP contribution is -1.99. The molecule has 4 heteroatoms. The van der Waals surface area contributed by atoms with Gasteiger partial charge in [0.2, 0.25) is 0 Å². The maximum Gasteiger partial charge on any atom is 0.302 e. The number of hydrogen-bond acceptors (Lipinski definition) is 3. The molecule has 0 rings (SSSR count). The third-order valence-corrected chi connectivity index (χ3v) is 0.803. The zero-order valence-corrected chi connectivity index (χ0v) is 7.79. The van der Waals surface area contributed by atoms with Gasteiger partial charge >= 0.3 is 5.97 Å². The molecule has 0 saturated carbocycles. The highest BCUT2D eigenvalue weighted by atomic mass is 16.5. The summed E-state index contributed by atoms with van der Waals surface area (Å²) in [5.41, 5.74) is 0. The van der Waals surface area contributed by atoms with Crippen LogP contribution >= 0.6 is 0 Å². The van der Waals surface area contributed by atoms with Crippen molar-refractivity contribution in [2.45, 2.75) is 33.6 Å². The second-order valence-corrected chi connectivity index (χ2v) is 2.21. The quantitative estimate of drug-likeness (QED) is 0.522. The van der Waals surface area contributed by atoms with E-state index in [0.29, 0.717) is 6.61 Å². The van der Waals surface area contributed by atoms with Crippen LogP contribution in [0.3, 0.4) is 0 Å². The Morgan fingerprint density at radius 3 is 2.00 bits per heavy atom. The van der Waals surface area contributed by atoms with Gasteiger partial charge in [-0.05, 0) is 6.42 Å². The number of aliphatic carboxylic acids is 1. The fraction of sp³-hybridized carbons (Fsp3) is 0.750. The van der Waals surface area contributed by atoms with Crippen LogP contribution in [0.4, 0.5) is 0 Å². The normalized spacial score (nSPS) is 7.92. The maximum atomic E-state index is 10.1. The number of carboxylic acid groups (broad SMARTS) is 1. The molecule has 0 unspecified atom stereocenters. The van der Waals surface area contributed by atoms with Gasteiger partial charge in [-0.3, -0.25) is 9.59 Å². The van der Waals surface area contributed by atoms with Crippen molar-refractivity contribution in [1.82, 2.24) is 0 Å². The molecule has 0 radical (unpaired) electrons. The van der Waals surface area contributed by atoms with E-state index in [2.05, 4.69) is 11.7 Å². The molecule has 0 aromatic rings. The summed E-state index contributed by atoms with van der Waals surface area (Å²) in [6.45, 7) is 5.14. The molecule has 0 aliphatic rings. The van der Waals surface area contributed by atoms with Gasteiger partial charge in [-0.15, -0.1) is 0 Å². The van der Waals surface area contributed by atoms with Gasteiger partial charge in [0.15, 0.2) is 0 Å². The van der Waals surface area contributed by atoms with Crippen molar-refractivity contribution in [2.75, 3.05) is 6.61 Å². The minimum Gasteiger partial charge on any atom is -0.481 e. The number of hydrogen-bond donors (Lipinski definition) is 1. The first-order valence-electron chi connectivity index (χ1n) is 3.83. The molecule has 0 fully saturated rings. The lowest BCUT2D eigenvalue weighted by molar-refractivity contribution is -0.141. The summed E-state index contributed by atoms with van der Waals surface area (Å²) in [7, 11) is 0. The Morgan fingerprint density at radius 1 is 1.33 bits per heavy atom. The molecular weight excluding hydrogens is 160 g/mol. The summed E-state index contributed by atoms with van der Waals surface area (Å²) in [5, 5.41) is 7.42. The predicted molar refractivity (Wildman–Crippen MR) is 44.9 cm³/mol. The van der Waals surface area contributed by atoms with E-state index in [9.17, 15) is 4.79 Å². The molecule has 0 bridgehead atoms. The minimum absolute atomic E-state index is 0.182. The van der Waals surface area contributed by atoms with Crippen LogP contribution in [-0.4, -0.2) is 23.7 Å². The molecular formula is C8H16O4. The summed E-state index contributed by atoms with van der Waals surface area (Å²) < 4.78 is 4.64. The molecule has 1 N–H and O–H groups in total. The lowest BCUT2D eigenvalue weighted by atomic mass is 10.4. The first-order chi connectivity index (χ1) is 5.50. The van der Waals surface area contributed by atoms with E-state index in [1.54, 1.807) is 0 Å². The summed E-state index contributed by atoms with van der Waals surface area (Å²) >= 11 is 0. The van der Waals surface area contributed by atoms with Gasteiger partial charge < -0.3 is 9.84 Å². The largest absolute Gasteiger partial charge is 0.481 e. The highest BCUT2D eigenvalue weighted by Crippen LogP contribution is 1.86. The Morgan fingerprint density at radius 2 is 1.75 bits per heavy atom. The number of carbonyl (C=O) groups is 2. The van der Waals surface area contributed by atoms with Gasteiger partial charge in [0.25, 0.3) is 5.97 Å². The van der Waals surface area contributed by atoms with Crippen molar-refractivity contribution < 1.29 is 19.4 Å². The Kier molecular flexibility index (Phi) is 11.2. The second-order valence-electron chi connectivity index (χ2n) is 2.21. The van der Waals surface area contributed by atoms with Crippen molar-refractivity contribution in [3.05, 3.63) is 0 Å². The molecule has 0 spiro atoms. The van der Waals surface area contributed by atoms with Gasteiger partial charge in [-0.1, -0.05) is 13.3 Å². The van der Waals surface area contributed by atoms with E-state index in [-0.39, 0.29) is 5.97 Å². The van der Waals surface area contributed by atoms with E-state index < -0.39 is 5.97 Å². The third kappa shape index (κ3) is 36.3. The van der Waals surface area contributed by atoms with Crippen molar-refractivity contribution in [3.8, 4) is 0 Å². The predicted octanol–water partition coefficient (Wildman–Crippen LogP) is 1.44. The van der Waals surface area contributed by atoms with Crippen LogP contribution in [0.5, 0.6) is 0 Å². The average molecular weight is 176 g/mol. The Labute approximate surface area is 72.5 Å². The molecule has 0 aromatic carbocycles.